The molecule has 8 nitrogen and oxygen atoms in total. The van der Waals surface area contributed by atoms with E-state index >= 15 is 0 Å². The summed E-state index contributed by atoms with van der Waals surface area (Å²) in [5, 5.41) is 21.9. The van der Waals surface area contributed by atoms with Crippen LogP contribution in [-0.4, -0.2) is 26.7 Å². The minimum atomic E-state index is -0.467. The second-order valence-electron chi connectivity index (χ2n) is 5.68. The number of H-pyrrole nitrogens is 1. The molecule has 1 aliphatic carbocycles. The molecule has 0 bridgehead atoms. The third-order valence-electron chi connectivity index (χ3n) is 4.07. The third-order valence-corrected chi connectivity index (χ3v) is 4.07. The standard InChI is InChI=1S/C16H17N5O3/c1-10(11-5-4-6-12(9-11)21(23)24)17-20-16(22)15-13-7-2-3-8-14(13)18-19-15/h4-6,9H,2-3,7-8H2,1H3,(H,18,19)(H,20,22)/b17-10-. The van der Waals surface area contributed by atoms with E-state index < -0.39 is 4.92 Å². The maximum atomic E-state index is 12.3. The summed E-state index contributed by atoms with van der Waals surface area (Å²) >= 11 is 0. The fourth-order valence-electron chi connectivity index (χ4n) is 2.77. The molecule has 1 aromatic heterocycles. The van der Waals surface area contributed by atoms with Crippen LogP contribution >= 0.6 is 0 Å². The van der Waals surface area contributed by atoms with E-state index in [9.17, 15) is 14.9 Å². The first-order chi connectivity index (χ1) is 11.6. The number of hydrogen-bond donors (Lipinski definition) is 2. The number of non-ortho nitro benzene ring substituents is 1. The highest BCUT2D eigenvalue weighted by molar-refractivity contribution is 6.01. The second kappa shape index (κ2) is 6.61. The zero-order valence-electron chi connectivity index (χ0n) is 13.2. The number of amides is 1. The van der Waals surface area contributed by atoms with Crippen molar-refractivity contribution in [2.75, 3.05) is 0 Å². The maximum Gasteiger partial charge on any atom is 0.292 e. The van der Waals surface area contributed by atoms with Crippen molar-refractivity contribution < 1.29 is 9.72 Å². The number of rotatable bonds is 4. The molecule has 2 aromatic rings. The fraction of sp³-hybridized carbons (Fsp3) is 0.312. The number of nitro groups is 1. The van der Waals surface area contributed by atoms with Gasteiger partial charge in [-0.25, -0.2) is 5.43 Å². The Morgan fingerprint density at radius 2 is 2.17 bits per heavy atom. The molecule has 0 saturated heterocycles. The van der Waals surface area contributed by atoms with E-state index in [1.807, 2.05) is 0 Å². The Morgan fingerprint density at radius 1 is 1.38 bits per heavy atom. The first-order valence-electron chi connectivity index (χ1n) is 7.72. The van der Waals surface area contributed by atoms with Gasteiger partial charge in [0.05, 0.1) is 10.6 Å². The van der Waals surface area contributed by atoms with Crippen LogP contribution in [0.25, 0.3) is 0 Å². The van der Waals surface area contributed by atoms with E-state index in [2.05, 4.69) is 20.7 Å². The Morgan fingerprint density at radius 3 is 2.96 bits per heavy atom. The van der Waals surface area contributed by atoms with Gasteiger partial charge >= 0.3 is 0 Å². The van der Waals surface area contributed by atoms with Gasteiger partial charge in [0.2, 0.25) is 0 Å². The summed E-state index contributed by atoms with van der Waals surface area (Å²) in [6.45, 7) is 1.68. The van der Waals surface area contributed by atoms with Gasteiger partial charge in [-0.1, -0.05) is 12.1 Å². The Labute approximate surface area is 138 Å². The maximum absolute atomic E-state index is 12.3. The van der Waals surface area contributed by atoms with E-state index in [1.54, 1.807) is 19.1 Å². The molecule has 2 N–H and O–H groups in total. The van der Waals surface area contributed by atoms with Crippen molar-refractivity contribution in [2.24, 2.45) is 5.10 Å². The van der Waals surface area contributed by atoms with Crippen molar-refractivity contribution in [3.8, 4) is 0 Å². The van der Waals surface area contributed by atoms with Crippen molar-refractivity contribution in [2.45, 2.75) is 32.6 Å². The predicted molar refractivity (Wildman–Crippen MR) is 88.0 cm³/mol. The highest BCUT2D eigenvalue weighted by Gasteiger charge is 2.21. The van der Waals surface area contributed by atoms with Gasteiger partial charge in [0.1, 0.15) is 0 Å². The molecule has 0 unspecified atom stereocenters. The zero-order chi connectivity index (χ0) is 17.1. The lowest BCUT2D eigenvalue weighted by molar-refractivity contribution is -0.384. The monoisotopic (exact) mass is 327 g/mol. The molecule has 3 rings (SSSR count). The van der Waals surface area contributed by atoms with Crippen LogP contribution < -0.4 is 5.43 Å². The topological polar surface area (TPSA) is 113 Å². The Kier molecular flexibility index (Phi) is 4.37. The van der Waals surface area contributed by atoms with E-state index in [4.69, 9.17) is 0 Å². The minimum absolute atomic E-state index is 0.0188. The Bertz CT molecular complexity index is 825. The van der Waals surface area contributed by atoms with Crippen molar-refractivity contribution in [1.82, 2.24) is 15.6 Å². The van der Waals surface area contributed by atoms with Crippen LogP contribution in [0.1, 0.15) is 47.1 Å². The number of hydrazone groups is 1. The van der Waals surface area contributed by atoms with Gasteiger partial charge in [-0.2, -0.15) is 10.2 Å². The molecule has 0 saturated carbocycles. The number of fused-ring (bicyclic) bond motifs is 1. The minimum Gasteiger partial charge on any atom is -0.281 e. The normalized spacial score (nSPS) is 14.1. The SMILES string of the molecule is C/C(=N/NC(=O)c1n[nH]c2c1CCCC2)c1cccc([N+](=O)[O-])c1. The number of aryl methyl sites for hydroxylation is 1. The summed E-state index contributed by atoms with van der Waals surface area (Å²) in [6, 6.07) is 6.11. The van der Waals surface area contributed by atoms with Gasteiger partial charge in [0, 0.05) is 29.0 Å². The Balaban J connectivity index is 1.75. The van der Waals surface area contributed by atoms with Crippen molar-refractivity contribution in [3.05, 3.63) is 56.9 Å². The zero-order valence-corrected chi connectivity index (χ0v) is 13.2. The van der Waals surface area contributed by atoms with Crippen molar-refractivity contribution >= 4 is 17.3 Å². The molecule has 0 atom stereocenters. The first-order valence-corrected chi connectivity index (χ1v) is 7.72. The lowest BCUT2D eigenvalue weighted by atomic mass is 9.96. The van der Waals surface area contributed by atoms with Crippen LogP contribution in [0.4, 0.5) is 5.69 Å². The molecule has 0 aliphatic heterocycles. The van der Waals surface area contributed by atoms with Gasteiger partial charge in [0.25, 0.3) is 11.6 Å². The molecular weight excluding hydrogens is 310 g/mol. The lowest BCUT2D eigenvalue weighted by Crippen LogP contribution is -2.21. The third kappa shape index (κ3) is 3.17. The number of aromatic nitrogens is 2. The van der Waals surface area contributed by atoms with E-state index in [1.165, 1.54) is 12.1 Å². The number of benzene rings is 1. The molecule has 1 aromatic carbocycles. The number of nitrogens with zero attached hydrogens (tertiary/aromatic N) is 3. The highest BCUT2D eigenvalue weighted by atomic mass is 16.6. The summed E-state index contributed by atoms with van der Waals surface area (Å²) in [6.07, 6.45) is 3.89. The van der Waals surface area contributed by atoms with Crippen LogP contribution in [0, 0.1) is 10.1 Å². The summed E-state index contributed by atoms with van der Waals surface area (Å²) in [7, 11) is 0. The molecule has 1 amide bonds. The van der Waals surface area contributed by atoms with Gasteiger partial charge in [-0.3, -0.25) is 20.0 Å². The summed E-state index contributed by atoms with van der Waals surface area (Å²) in [5.74, 6) is -0.376. The van der Waals surface area contributed by atoms with Gasteiger partial charge in [-0.15, -0.1) is 0 Å². The number of hydrogen-bond acceptors (Lipinski definition) is 5. The Hall–Kier alpha value is -3.03. The molecule has 124 valence electrons. The summed E-state index contributed by atoms with van der Waals surface area (Å²) in [4.78, 5) is 22.6. The number of carbonyl (C=O) groups excluding carboxylic acids is 1. The number of aromatic amines is 1. The average Bonchev–Trinajstić information content (AvgIpc) is 3.03. The van der Waals surface area contributed by atoms with E-state index in [-0.39, 0.29) is 11.6 Å². The first kappa shape index (κ1) is 15.9. The van der Waals surface area contributed by atoms with Crippen LogP contribution in [0.15, 0.2) is 29.4 Å². The van der Waals surface area contributed by atoms with E-state index in [0.29, 0.717) is 17.0 Å². The summed E-state index contributed by atoms with van der Waals surface area (Å²) in [5.41, 5.74) is 5.87. The summed E-state index contributed by atoms with van der Waals surface area (Å²) < 4.78 is 0. The quantitative estimate of drug-likeness (QED) is 0.509. The largest absolute Gasteiger partial charge is 0.292 e. The second-order valence-corrected chi connectivity index (χ2v) is 5.68. The average molecular weight is 327 g/mol. The van der Waals surface area contributed by atoms with Crippen LogP contribution in [0.2, 0.25) is 0 Å². The fourth-order valence-corrected chi connectivity index (χ4v) is 2.77. The molecule has 0 spiro atoms. The van der Waals surface area contributed by atoms with E-state index in [0.717, 1.165) is 36.9 Å². The van der Waals surface area contributed by atoms with Crippen LogP contribution in [0.3, 0.4) is 0 Å². The van der Waals surface area contributed by atoms with Gasteiger partial charge in [0.15, 0.2) is 5.69 Å². The van der Waals surface area contributed by atoms with Gasteiger partial charge in [-0.05, 0) is 32.6 Å². The highest BCUT2D eigenvalue weighted by Crippen LogP contribution is 2.22. The molecule has 8 heteroatoms. The molecule has 1 aliphatic rings. The number of nitro benzene ring substituents is 1. The molecule has 24 heavy (non-hydrogen) atoms. The molecule has 0 fully saturated rings. The van der Waals surface area contributed by atoms with Crippen molar-refractivity contribution in [3.63, 3.8) is 0 Å². The van der Waals surface area contributed by atoms with Crippen molar-refractivity contribution in [1.29, 1.82) is 0 Å². The molecular formula is C16H17N5O3. The van der Waals surface area contributed by atoms with Gasteiger partial charge < -0.3 is 0 Å². The number of nitrogens with one attached hydrogen (secondary N) is 2. The lowest BCUT2D eigenvalue weighted by Gasteiger charge is -2.10. The smallest absolute Gasteiger partial charge is 0.281 e. The molecule has 1 heterocycles. The van der Waals surface area contributed by atoms with Crippen LogP contribution in [0.5, 0.6) is 0 Å². The molecule has 0 radical (unpaired) electrons. The predicted octanol–water partition coefficient (Wildman–Crippen LogP) is 2.35. The van der Waals surface area contributed by atoms with Crippen LogP contribution in [-0.2, 0) is 12.8 Å². The number of carbonyl (C=O) groups is 1.